The smallest absolute Gasteiger partial charge is 0.326 e. The van der Waals surface area contributed by atoms with Gasteiger partial charge in [0.2, 0.25) is 11.8 Å². The first kappa shape index (κ1) is 35.5. The van der Waals surface area contributed by atoms with E-state index in [0.29, 0.717) is 32.2 Å². The zero-order valence-corrected chi connectivity index (χ0v) is 28.3. The molecule has 3 heterocycles. The SMILES string of the molecule is O=C(CCCCCC(=O)NCc1ccc([C@H]2O[C@@H](CN3CCC(n4c(=O)[nH]c5ccccc54)CC3)C[C@@H](c3ccc(CO)cc3)O2)cc1)NO. The van der Waals surface area contributed by atoms with Crippen LogP contribution in [-0.2, 0) is 32.2 Å². The standard InChI is InChI=1S/C38H47N5O7/c44-25-27-12-14-28(15-13-27)34-22-31(24-42-20-18-30(19-21-42)43-33-7-5-4-6-32(33)40-38(43)47)49-37(50-34)29-16-10-26(11-17-29)23-39-35(45)8-2-1-3-9-36(46)41-48/h4-7,10-17,30-31,34,37,44,48H,1-3,8-9,18-25H2,(H,39,45)(H,40,47)(H,41,46)/t31-,34+,37+/m1/s1. The molecule has 0 spiro atoms. The summed E-state index contributed by atoms with van der Waals surface area (Å²) < 4.78 is 15.1. The van der Waals surface area contributed by atoms with Gasteiger partial charge in [-0.05, 0) is 54.5 Å². The molecule has 0 radical (unpaired) electrons. The lowest BCUT2D eigenvalue weighted by atomic mass is 9.98. The maximum atomic E-state index is 12.8. The second-order valence-electron chi connectivity index (χ2n) is 13.3. The Hall–Kier alpha value is -4.33. The molecule has 12 nitrogen and oxygen atoms in total. The number of para-hydroxylation sites is 2. The van der Waals surface area contributed by atoms with Crippen LogP contribution in [0.15, 0.2) is 77.6 Å². The second-order valence-corrected chi connectivity index (χ2v) is 13.3. The van der Waals surface area contributed by atoms with Gasteiger partial charge in [-0.3, -0.25) is 19.4 Å². The molecule has 1 aromatic heterocycles. The molecule has 3 atom stereocenters. The molecule has 2 aliphatic heterocycles. The fourth-order valence-electron chi connectivity index (χ4n) is 7.00. The summed E-state index contributed by atoms with van der Waals surface area (Å²) >= 11 is 0. The van der Waals surface area contributed by atoms with Gasteiger partial charge in [-0.2, -0.15) is 0 Å². The Morgan fingerprint density at radius 2 is 1.52 bits per heavy atom. The van der Waals surface area contributed by atoms with Crippen molar-refractivity contribution in [2.75, 3.05) is 19.6 Å². The van der Waals surface area contributed by atoms with Crippen LogP contribution >= 0.6 is 0 Å². The normalized spacial score (nSPS) is 20.2. The van der Waals surface area contributed by atoms with Crippen molar-refractivity contribution < 1.29 is 29.4 Å². The van der Waals surface area contributed by atoms with Crippen molar-refractivity contribution >= 4 is 22.8 Å². The minimum absolute atomic E-state index is 0.0148. The Kier molecular flexibility index (Phi) is 12.1. The van der Waals surface area contributed by atoms with Crippen LogP contribution in [-0.4, -0.2) is 62.3 Å². The Labute approximate surface area is 291 Å². The van der Waals surface area contributed by atoms with Gasteiger partial charge in [0.25, 0.3) is 0 Å². The average Bonchev–Trinajstić information content (AvgIpc) is 3.49. The second kappa shape index (κ2) is 17.1. The number of nitrogens with zero attached hydrogens (tertiary/aromatic N) is 2. The molecule has 12 heteroatoms. The summed E-state index contributed by atoms with van der Waals surface area (Å²) in [6.45, 7) is 2.86. The van der Waals surface area contributed by atoms with E-state index in [1.807, 2.05) is 77.4 Å². The van der Waals surface area contributed by atoms with Crippen molar-refractivity contribution in [1.82, 2.24) is 25.2 Å². The predicted octanol–water partition coefficient (Wildman–Crippen LogP) is 4.78. The van der Waals surface area contributed by atoms with E-state index in [2.05, 4.69) is 15.2 Å². The molecule has 0 saturated carbocycles. The molecule has 2 amide bonds. The number of amides is 2. The van der Waals surface area contributed by atoms with Crippen LogP contribution in [0, 0.1) is 0 Å². The number of aliphatic hydroxyl groups excluding tert-OH is 1. The largest absolute Gasteiger partial charge is 0.392 e. The van der Waals surface area contributed by atoms with Gasteiger partial charge in [-0.1, -0.05) is 67.1 Å². The van der Waals surface area contributed by atoms with Gasteiger partial charge in [0, 0.05) is 57.0 Å². The van der Waals surface area contributed by atoms with Gasteiger partial charge >= 0.3 is 5.69 Å². The third-order valence-electron chi connectivity index (χ3n) is 9.80. The quantitative estimate of drug-likeness (QED) is 0.0722. The van der Waals surface area contributed by atoms with Crippen molar-refractivity contribution in [3.8, 4) is 0 Å². The lowest BCUT2D eigenvalue weighted by molar-refractivity contribution is -0.253. The molecule has 6 rings (SSSR count). The highest BCUT2D eigenvalue weighted by molar-refractivity contribution is 5.76. The first-order valence-corrected chi connectivity index (χ1v) is 17.6. The third-order valence-corrected chi connectivity index (χ3v) is 9.80. The van der Waals surface area contributed by atoms with Crippen LogP contribution in [0.5, 0.6) is 0 Å². The number of H-pyrrole nitrogens is 1. The summed E-state index contributed by atoms with van der Waals surface area (Å²) in [4.78, 5) is 41.7. The molecule has 2 saturated heterocycles. The Morgan fingerprint density at radius 1 is 0.840 bits per heavy atom. The number of imidazole rings is 1. The average molecular weight is 686 g/mol. The minimum atomic E-state index is -0.574. The van der Waals surface area contributed by atoms with E-state index in [4.69, 9.17) is 14.7 Å². The predicted molar refractivity (Wildman–Crippen MR) is 187 cm³/mol. The Morgan fingerprint density at radius 3 is 2.24 bits per heavy atom. The number of aromatic amines is 1. The molecule has 50 heavy (non-hydrogen) atoms. The van der Waals surface area contributed by atoms with Gasteiger partial charge in [-0.15, -0.1) is 0 Å². The van der Waals surface area contributed by atoms with Crippen molar-refractivity contribution in [3.63, 3.8) is 0 Å². The van der Waals surface area contributed by atoms with Gasteiger partial charge in [0.1, 0.15) is 0 Å². The highest BCUT2D eigenvalue weighted by Crippen LogP contribution is 2.38. The lowest BCUT2D eigenvalue weighted by Gasteiger charge is -2.40. The topological polar surface area (TPSA) is 158 Å². The van der Waals surface area contributed by atoms with E-state index in [9.17, 15) is 19.5 Å². The number of rotatable bonds is 14. The molecular weight excluding hydrogens is 638 g/mol. The van der Waals surface area contributed by atoms with E-state index in [1.54, 1.807) is 5.48 Å². The first-order chi connectivity index (χ1) is 24.4. The maximum absolute atomic E-state index is 12.8. The molecule has 5 N–H and O–H groups in total. The van der Waals surface area contributed by atoms with Gasteiger partial charge < -0.3 is 29.8 Å². The summed E-state index contributed by atoms with van der Waals surface area (Å²) in [6, 6.07) is 23.8. The fraction of sp³-hybridized carbons (Fsp3) is 0.447. The van der Waals surface area contributed by atoms with E-state index >= 15 is 0 Å². The number of piperidine rings is 1. The number of benzene rings is 3. The monoisotopic (exact) mass is 685 g/mol. The number of hydrogen-bond donors (Lipinski definition) is 5. The molecule has 0 unspecified atom stereocenters. The van der Waals surface area contributed by atoms with E-state index < -0.39 is 12.2 Å². The number of likely N-dealkylation sites (tertiary alicyclic amines) is 1. The van der Waals surface area contributed by atoms with Crippen LogP contribution in [0.25, 0.3) is 11.0 Å². The van der Waals surface area contributed by atoms with Crippen molar-refractivity contribution in [2.24, 2.45) is 0 Å². The van der Waals surface area contributed by atoms with Crippen LogP contribution in [0.4, 0.5) is 0 Å². The number of fused-ring (bicyclic) bond motifs is 1. The molecule has 0 aliphatic carbocycles. The van der Waals surface area contributed by atoms with Crippen molar-refractivity contribution in [3.05, 3.63) is 106 Å². The molecule has 4 aromatic rings. The first-order valence-electron chi connectivity index (χ1n) is 17.6. The number of aromatic nitrogens is 2. The number of nitrogens with one attached hydrogen (secondary N) is 3. The summed E-state index contributed by atoms with van der Waals surface area (Å²) in [5, 5.41) is 21.1. The number of hydroxylamine groups is 1. The molecule has 266 valence electrons. The molecular formula is C38H47N5O7. The summed E-state index contributed by atoms with van der Waals surface area (Å²) in [5.41, 5.74) is 7.13. The Balaban J connectivity index is 1.05. The van der Waals surface area contributed by atoms with Gasteiger partial charge in [0.05, 0.1) is 29.8 Å². The van der Waals surface area contributed by atoms with Crippen LogP contribution in [0.1, 0.15) is 92.1 Å². The van der Waals surface area contributed by atoms with Crippen molar-refractivity contribution in [2.45, 2.75) is 89.1 Å². The number of carbonyl (C=O) groups is 2. The zero-order valence-electron chi connectivity index (χ0n) is 28.3. The minimum Gasteiger partial charge on any atom is -0.392 e. The fourth-order valence-corrected chi connectivity index (χ4v) is 7.00. The molecule has 2 aliphatic rings. The zero-order chi connectivity index (χ0) is 34.9. The van der Waals surface area contributed by atoms with Gasteiger partial charge in [0.15, 0.2) is 6.29 Å². The number of carbonyl (C=O) groups excluding carboxylic acids is 2. The maximum Gasteiger partial charge on any atom is 0.326 e. The van der Waals surface area contributed by atoms with E-state index in [-0.39, 0.29) is 42.9 Å². The molecule has 3 aromatic carbocycles. The van der Waals surface area contributed by atoms with E-state index in [1.165, 1.54) is 0 Å². The highest BCUT2D eigenvalue weighted by atomic mass is 16.7. The summed E-state index contributed by atoms with van der Waals surface area (Å²) in [7, 11) is 0. The third kappa shape index (κ3) is 9.06. The van der Waals surface area contributed by atoms with Gasteiger partial charge in [-0.25, -0.2) is 10.3 Å². The lowest BCUT2D eigenvalue weighted by Crippen LogP contribution is -2.43. The number of ether oxygens (including phenoxy) is 2. The number of hydrogen-bond acceptors (Lipinski definition) is 8. The van der Waals surface area contributed by atoms with E-state index in [0.717, 1.165) is 72.2 Å². The number of unbranched alkanes of at least 4 members (excludes halogenated alkanes) is 2. The molecule has 2 fully saturated rings. The van der Waals surface area contributed by atoms with Crippen LogP contribution < -0.4 is 16.5 Å². The summed E-state index contributed by atoms with van der Waals surface area (Å²) in [6.07, 6.45) is 4.24. The van der Waals surface area contributed by atoms with Crippen LogP contribution in [0.2, 0.25) is 0 Å². The summed E-state index contributed by atoms with van der Waals surface area (Å²) in [5.74, 6) is -0.461. The highest BCUT2D eigenvalue weighted by Gasteiger charge is 2.34. The van der Waals surface area contributed by atoms with Crippen molar-refractivity contribution in [1.29, 1.82) is 0 Å². The van der Waals surface area contributed by atoms with Crippen LogP contribution in [0.3, 0.4) is 0 Å². The number of aliphatic hydroxyl groups is 1. The Bertz CT molecular complexity index is 1760. The molecule has 0 bridgehead atoms.